The van der Waals surface area contributed by atoms with Crippen LogP contribution in [0.3, 0.4) is 0 Å². The number of hydrogen-bond donors (Lipinski definition) is 1. The van der Waals surface area contributed by atoms with Crippen LogP contribution in [0.25, 0.3) is 0 Å². The predicted octanol–water partition coefficient (Wildman–Crippen LogP) is 2.86. The second kappa shape index (κ2) is 7.33. The van der Waals surface area contributed by atoms with E-state index in [4.69, 9.17) is 9.15 Å². The molecule has 2 heterocycles. The van der Waals surface area contributed by atoms with Crippen LogP contribution in [0.5, 0.6) is 5.75 Å². The maximum Gasteiger partial charge on any atom is 0.254 e. The quantitative estimate of drug-likeness (QED) is 0.891. The lowest BCUT2D eigenvalue weighted by Gasteiger charge is -2.29. The van der Waals surface area contributed by atoms with Gasteiger partial charge in [-0.05, 0) is 38.1 Å². The van der Waals surface area contributed by atoms with Crippen LogP contribution in [0.2, 0.25) is 0 Å². The Morgan fingerprint density at radius 2 is 2.09 bits per heavy atom. The van der Waals surface area contributed by atoms with E-state index in [1.807, 2.05) is 18.2 Å². The number of nitrogens with one attached hydrogen (secondary N) is 1. The van der Waals surface area contributed by atoms with Gasteiger partial charge in [0.25, 0.3) is 5.91 Å². The molecule has 0 saturated carbocycles. The zero-order valence-corrected chi connectivity index (χ0v) is 13.3. The first-order valence-corrected chi connectivity index (χ1v) is 7.97. The third-order valence-electron chi connectivity index (χ3n) is 4.32. The number of methoxy groups -OCH3 is 1. The van der Waals surface area contributed by atoms with E-state index in [0.717, 1.165) is 24.4 Å². The highest BCUT2D eigenvalue weighted by atomic mass is 16.5. The van der Waals surface area contributed by atoms with Crippen LogP contribution in [0, 0.1) is 0 Å². The SMILES string of the molecule is COc1ccccc1C(CNC(=O)c1ccoc1)N1CCCC1. The van der Waals surface area contributed by atoms with Crippen molar-refractivity contribution in [3.05, 3.63) is 54.0 Å². The van der Waals surface area contributed by atoms with E-state index in [9.17, 15) is 4.79 Å². The Bertz CT molecular complexity index is 633. The van der Waals surface area contributed by atoms with E-state index in [1.54, 1.807) is 13.2 Å². The Labute approximate surface area is 136 Å². The van der Waals surface area contributed by atoms with Crippen molar-refractivity contribution in [3.8, 4) is 5.75 Å². The number of hydrogen-bond acceptors (Lipinski definition) is 4. The van der Waals surface area contributed by atoms with Crippen molar-refractivity contribution in [1.82, 2.24) is 10.2 Å². The summed E-state index contributed by atoms with van der Waals surface area (Å²) in [5, 5.41) is 3.02. The molecule has 1 aromatic carbocycles. The van der Waals surface area contributed by atoms with Gasteiger partial charge in [-0.1, -0.05) is 18.2 Å². The summed E-state index contributed by atoms with van der Waals surface area (Å²) in [5.74, 6) is 0.750. The third kappa shape index (κ3) is 3.56. The van der Waals surface area contributed by atoms with Crippen molar-refractivity contribution in [2.45, 2.75) is 18.9 Å². The van der Waals surface area contributed by atoms with E-state index in [-0.39, 0.29) is 11.9 Å². The summed E-state index contributed by atoms with van der Waals surface area (Å²) >= 11 is 0. The number of nitrogens with zero attached hydrogens (tertiary/aromatic N) is 1. The average molecular weight is 314 g/mol. The number of likely N-dealkylation sites (tertiary alicyclic amines) is 1. The molecule has 0 bridgehead atoms. The van der Waals surface area contributed by atoms with Crippen molar-refractivity contribution in [2.75, 3.05) is 26.7 Å². The third-order valence-corrected chi connectivity index (χ3v) is 4.32. The van der Waals surface area contributed by atoms with Gasteiger partial charge in [0, 0.05) is 12.1 Å². The fourth-order valence-electron chi connectivity index (χ4n) is 3.12. The molecule has 122 valence electrons. The normalized spacial score (nSPS) is 16.2. The van der Waals surface area contributed by atoms with Crippen LogP contribution in [-0.4, -0.2) is 37.6 Å². The Kier molecular flexibility index (Phi) is 4.98. The maximum absolute atomic E-state index is 12.2. The van der Waals surface area contributed by atoms with E-state index in [1.165, 1.54) is 25.4 Å². The largest absolute Gasteiger partial charge is 0.496 e. The number of benzene rings is 1. The van der Waals surface area contributed by atoms with Crippen LogP contribution < -0.4 is 10.1 Å². The zero-order chi connectivity index (χ0) is 16.1. The highest BCUT2D eigenvalue weighted by Crippen LogP contribution is 2.31. The Morgan fingerprint density at radius 3 is 2.78 bits per heavy atom. The molecule has 23 heavy (non-hydrogen) atoms. The first-order chi connectivity index (χ1) is 11.3. The second-order valence-corrected chi connectivity index (χ2v) is 5.72. The molecule has 1 unspecified atom stereocenters. The van der Waals surface area contributed by atoms with Crippen molar-refractivity contribution >= 4 is 5.91 Å². The molecule has 1 amide bonds. The molecule has 2 aromatic rings. The Balaban J connectivity index is 1.77. The lowest BCUT2D eigenvalue weighted by Crippen LogP contribution is -2.36. The van der Waals surface area contributed by atoms with Gasteiger partial charge in [0.1, 0.15) is 12.0 Å². The number of rotatable bonds is 6. The molecule has 1 aromatic heterocycles. The number of furan rings is 1. The van der Waals surface area contributed by atoms with Gasteiger partial charge in [0.2, 0.25) is 0 Å². The van der Waals surface area contributed by atoms with Gasteiger partial charge in [0.15, 0.2) is 0 Å². The minimum absolute atomic E-state index is 0.113. The first-order valence-electron chi connectivity index (χ1n) is 7.97. The van der Waals surface area contributed by atoms with E-state index < -0.39 is 0 Å². The molecule has 1 aliphatic rings. The van der Waals surface area contributed by atoms with Crippen molar-refractivity contribution < 1.29 is 13.9 Å². The summed E-state index contributed by atoms with van der Waals surface area (Å²) in [5.41, 5.74) is 1.66. The molecule has 1 N–H and O–H groups in total. The summed E-state index contributed by atoms with van der Waals surface area (Å²) in [4.78, 5) is 14.6. The van der Waals surface area contributed by atoms with Crippen molar-refractivity contribution in [2.24, 2.45) is 0 Å². The van der Waals surface area contributed by atoms with Gasteiger partial charge in [-0.2, -0.15) is 0 Å². The molecule has 1 saturated heterocycles. The molecular weight excluding hydrogens is 292 g/mol. The average Bonchev–Trinajstić information content (AvgIpc) is 3.29. The summed E-state index contributed by atoms with van der Waals surface area (Å²) in [6.45, 7) is 2.64. The van der Waals surface area contributed by atoms with Crippen LogP contribution >= 0.6 is 0 Å². The van der Waals surface area contributed by atoms with E-state index in [0.29, 0.717) is 12.1 Å². The van der Waals surface area contributed by atoms with E-state index in [2.05, 4.69) is 16.3 Å². The maximum atomic E-state index is 12.2. The number of ether oxygens (including phenoxy) is 1. The van der Waals surface area contributed by atoms with Gasteiger partial charge >= 0.3 is 0 Å². The molecule has 3 rings (SSSR count). The number of carbonyl (C=O) groups is 1. The highest BCUT2D eigenvalue weighted by Gasteiger charge is 2.26. The minimum atomic E-state index is -0.113. The molecule has 1 atom stereocenters. The molecule has 5 heteroatoms. The molecule has 1 aliphatic heterocycles. The molecule has 0 spiro atoms. The lowest BCUT2D eigenvalue weighted by molar-refractivity contribution is 0.0936. The van der Waals surface area contributed by atoms with Gasteiger partial charge in [-0.15, -0.1) is 0 Å². The monoisotopic (exact) mass is 314 g/mol. The summed E-state index contributed by atoms with van der Waals surface area (Å²) in [6.07, 6.45) is 5.36. The highest BCUT2D eigenvalue weighted by molar-refractivity contribution is 5.93. The zero-order valence-electron chi connectivity index (χ0n) is 13.3. The lowest BCUT2D eigenvalue weighted by atomic mass is 10.0. The number of para-hydroxylation sites is 1. The summed E-state index contributed by atoms with van der Waals surface area (Å²) in [6, 6.07) is 9.81. The van der Waals surface area contributed by atoms with Crippen molar-refractivity contribution in [1.29, 1.82) is 0 Å². The van der Waals surface area contributed by atoms with Crippen LogP contribution in [0.4, 0.5) is 0 Å². The Morgan fingerprint density at radius 1 is 1.30 bits per heavy atom. The topological polar surface area (TPSA) is 54.7 Å². The van der Waals surface area contributed by atoms with Gasteiger partial charge in [-0.25, -0.2) is 0 Å². The predicted molar refractivity (Wildman–Crippen MR) is 87.6 cm³/mol. The molecule has 1 fully saturated rings. The summed E-state index contributed by atoms with van der Waals surface area (Å²) in [7, 11) is 1.68. The molecular formula is C18H22N2O3. The minimum Gasteiger partial charge on any atom is -0.496 e. The second-order valence-electron chi connectivity index (χ2n) is 5.72. The van der Waals surface area contributed by atoms with Gasteiger partial charge in [-0.3, -0.25) is 9.69 Å². The van der Waals surface area contributed by atoms with Gasteiger partial charge < -0.3 is 14.5 Å². The fourth-order valence-corrected chi connectivity index (χ4v) is 3.12. The smallest absolute Gasteiger partial charge is 0.254 e. The standard InChI is InChI=1S/C18H22N2O3/c1-22-17-7-3-2-6-15(17)16(20-9-4-5-10-20)12-19-18(21)14-8-11-23-13-14/h2-3,6-8,11,13,16H,4-5,9-10,12H2,1H3,(H,19,21). The van der Waals surface area contributed by atoms with Crippen molar-refractivity contribution in [3.63, 3.8) is 0 Å². The van der Waals surface area contributed by atoms with Gasteiger partial charge in [0.05, 0.1) is 25.0 Å². The Hall–Kier alpha value is -2.27. The van der Waals surface area contributed by atoms with Crippen LogP contribution in [0.15, 0.2) is 47.3 Å². The summed E-state index contributed by atoms with van der Waals surface area (Å²) < 4.78 is 10.5. The van der Waals surface area contributed by atoms with Crippen LogP contribution in [0.1, 0.15) is 34.8 Å². The number of amides is 1. The molecule has 0 radical (unpaired) electrons. The number of carbonyl (C=O) groups excluding carboxylic acids is 1. The molecule has 0 aliphatic carbocycles. The van der Waals surface area contributed by atoms with Crippen LogP contribution in [-0.2, 0) is 0 Å². The van der Waals surface area contributed by atoms with E-state index >= 15 is 0 Å². The fraction of sp³-hybridized carbons (Fsp3) is 0.389. The first kappa shape index (κ1) is 15.6. The molecule has 5 nitrogen and oxygen atoms in total.